The highest BCUT2D eigenvalue weighted by Crippen LogP contribution is 2.30. The molecule has 9 heteroatoms. The highest BCUT2D eigenvalue weighted by molar-refractivity contribution is 7.17. The lowest BCUT2D eigenvalue weighted by molar-refractivity contribution is -0.00189. The fraction of sp³-hybridized carbons (Fsp3) is 0.333. The monoisotopic (exact) mass is 386 g/mol. The smallest absolute Gasteiger partial charge is 0.339 e. The van der Waals surface area contributed by atoms with Crippen molar-refractivity contribution in [2.45, 2.75) is 25.4 Å². The number of carbonyl (C=O) groups is 2. The van der Waals surface area contributed by atoms with Crippen molar-refractivity contribution < 1.29 is 19.8 Å². The zero-order chi connectivity index (χ0) is 19.2. The second-order valence-corrected chi connectivity index (χ2v) is 8.00. The molecule has 1 fully saturated rings. The lowest BCUT2D eigenvalue weighted by Gasteiger charge is -2.35. The number of fused-ring (bicyclic) bond motifs is 1. The first kappa shape index (κ1) is 17.6. The van der Waals surface area contributed by atoms with Crippen LogP contribution in [-0.2, 0) is 0 Å². The summed E-state index contributed by atoms with van der Waals surface area (Å²) >= 11 is 1.30. The summed E-state index contributed by atoms with van der Waals surface area (Å²) in [5, 5.41) is 19.3. The summed E-state index contributed by atoms with van der Waals surface area (Å²) in [6.45, 7) is 2.84. The zero-order valence-corrected chi connectivity index (χ0v) is 15.4. The Morgan fingerprint density at radius 1 is 1.30 bits per heavy atom. The van der Waals surface area contributed by atoms with Crippen molar-refractivity contribution in [1.82, 2.24) is 19.9 Å². The molecule has 1 aliphatic heterocycles. The Morgan fingerprint density at radius 2 is 2.04 bits per heavy atom. The molecule has 0 atom stereocenters. The summed E-state index contributed by atoms with van der Waals surface area (Å²) in [6.07, 6.45) is 4.04. The van der Waals surface area contributed by atoms with Gasteiger partial charge in [-0.2, -0.15) is 0 Å². The van der Waals surface area contributed by atoms with Gasteiger partial charge in [0.1, 0.15) is 11.1 Å². The Bertz CT molecular complexity index is 1030. The number of piperidine rings is 1. The van der Waals surface area contributed by atoms with E-state index in [9.17, 15) is 19.8 Å². The lowest BCUT2D eigenvalue weighted by atomic mass is 9.94. The van der Waals surface area contributed by atoms with Gasteiger partial charge in [-0.05, 0) is 31.9 Å². The Hall–Kier alpha value is -2.78. The molecule has 0 spiro atoms. The van der Waals surface area contributed by atoms with Crippen molar-refractivity contribution in [3.05, 3.63) is 35.0 Å². The molecule has 0 bridgehead atoms. The molecule has 3 aromatic rings. The molecular weight excluding hydrogens is 368 g/mol. The molecule has 4 rings (SSSR count). The number of carboxylic acids is 1. The average Bonchev–Trinajstić information content (AvgIpc) is 3.27. The summed E-state index contributed by atoms with van der Waals surface area (Å²) in [4.78, 5) is 38.5. The molecule has 1 aliphatic rings. The number of aromatic amines is 1. The summed E-state index contributed by atoms with van der Waals surface area (Å²) in [7, 11) is 0. The molecule has 27 heavy (non-hydrogen) atoms. The number of nitrogens with zero attached hydrogens (tertiary/aromatic N) is 3. The second-order valence-electron chi connectivity index (χ2n) is 6.91. The molecule has 3 N–H and O–H groups in total. The molecule has 140 valence electrons. The first-order chi connectivity index (χ1) is 12.8. The first-order valence-corrected chi connectivity index (χ1v) is 9.35. The number of aliphatic hydroxyl groups is 1. The number of thiophene rings is 1. The number of carbonyl (C=O) groups excluding carboxylic acids is 1. The van der Waals surface area contributed by atoms with Gasteiger partial charge in [-0.3, -0.25) is 4.79 Å². The number of H-pyrrole nitrogens is 1. The fourth-order valence-corrected chi connectivity index (χ4v) is 4.04. The van der Waals surface area contributed by atoms with Crippen LogP contribution in [0.15, 0.2) is 24.5 Å². The topological polar surface area (TPSA) is 119 Å². The number of carboxylic acid groups (broad SMARTS) is 1. The lowest BCUT2D eigenvalue weighted by Crippen LogP contribution is -2.44. The third kappa shape index (κ3) is 3.31. The van der Waals surface area contributed by atoms with E-state index in [0.717, 1.165) is 4.88 Å². The molecule has 1 saturated heterocycles. The molecule has 8 nitrogen and oxygen atoms in total. The summed E-state index contributed by atoms with van der Waals surface area (Å²) < 4.78 is 0. The van der Waals surface area contributed by atoms with Crippen molar-refractivity contribution >= 4 is 34.4 Å². The van der Waals surface area contributed by atoms with Gasteiger partial charge >= 0.3 is 5.97 Å². The number of aromatic carboxylic acids is 1. The number of likely N-dealkylation sites (tertiary alicyclic amines) is 1. The predicted molar refractivity (Wildman–Crippen MR) is 99.9 cm³/mol. The maximum absolute atomic E-state index is 12.7. The van der Waals surface area contributed by atoms with Crippen molar-refractivity contribution in [3.8, 4) is 10.6 Å². The summed E-state index contributed by atoms with van der Waals surface area (Å²) in [5.74, 6) is -1.14. The van der Waals surface area contributed by atoms with Crippen molar-refractivity contribution in [1.29, 1.82) is 0 Å². The van der Waals surface area contributed by atoms with Crippen LogP contribution in [0.4, 0.5) is 0 Å². The van der Waals surface area contributed by atoms with Gasteiger partial charge in [0.05, 0.1) is 27.2 Å². The van der Waals surface area contributed by atoms with Crippen LogP contribution in [-0.4, -0.2) is 60.6 Å². The fourth-order valence-electron chi connectivity index (χ4n) is 3.11. The van der Waals surface area contributed by atoms with Gasteiger partial charge in [-0.1, -0.05) is 0 Å². The van der Waals surface area contributed by atoms with Crippen LogP contribution >= 0.6 is 11.3 Å². The van der Waals surface area contributed by atoms with E-state index in [1.165, 1.54) is 17.5 Å². The van der Waals surface area contributed by atoms with Gasteiger partial charge < -0.3 is 20.1 Å². The number of aromatic nitrogens is 3. The minimum absolute atomic E-state index is 0.0626. The van der Waals surface area contributed by atoms with Crippen LogP contribution in [0, 0.1) is 0 Å². The average molecular weight is 386 g/mol. The Labute approximate surface area is 158 Å². The van der Waals surface area contributed by atoms with Gasteiger partial charge in [0.15, 0.2) is 5.65 Å². The van der Waals surface area contributed by atoms with Crippen LogP contribution < -0.4 is 0 Å². The van der Waals surface area contributed by atoms with Gasteiger partial charge in [0, 0.05) is 19.3 Å². The Morgan fingerprint density at radius 3 is 2.74 bits per heavy atom. The number of hydrogen-bond acceptors (Lipinski definition) is 6. The maximum atomic E-state index is 12.7. The van der Waals surface area contributed by atoms with Gasteiger partial charge in [0.2, 0.25) is 0 Å². The van der Waals surface area contributed by atoms with E-state index in [1.54, 1.807) is 30.2 Å². The van der Waals surface area contributed by atoms with E-state index in [0.29, 0.717) is 47.7 Å². The molecule has 0 unspecified atom stereocenters. The highest BCUT2D eigenvalue weighted by Gasteiger charge is 2.30. The summed E-state index contributed by atoms with van der Waals surface area (Å²) in [5.41, 5.74) is 0.576. The van der Waals surface area contributed by atoms with E-state index >= 15 is 0 Å². The molecule has 0 aromatic carbocycles. The van der Waals surface area contributed by atoms with Crippen LogP contribution in [0.2, 0.25) is 0 Å². The number of nitrogens with one attached hydrogen (secondary N) is 1. The third-order valence-electron chi connectivity index (χ3n) is 4.81. The molecule has 0 radical (unpaired) electrons. The van der Waals surface area contributed by atoms with Crippen LogP contribution in [0.3, 0.4) is 0 Å². The first-order valence-electron chi connectivity index (χ1n) is 8.53. The maximum Gasteiger partial charge on any atom is 0.339 e. The van der Waals surface area contributed by atoms with E-state index in [1.807, 2.05) is 0 Å². The molecular formula is C18H18N4O4S. The Kier molecular flexibility index (Phi) is 4.20. The molecule has 3 aromatic heterocycles. The standard InChI is InChI=1S/C18H18N4O4S/c1-18(26)4-6-22(7-5-18)16(23)13-3-2-12(27-13)11-9-20-15-14(21-11)10(8-19-15)17(24)25/h2-3,8-9,26H,4-7H2,1H3,(H,19,20)(H,24,25). The molecule has 0 aliphatic carbocycles. The van der Waals surface area contributed by atoms with Gasteiger partial charge in [-0.15, -0.1) is 11.3 Å². The van der Waals surface area contributed by atoms with E-state index in [4.69, 9.17) is 0 Å². The third-order valence-corrected chi connectivity index (χ3v) is 5.90. The molecule has 0 saturated carbocycles. The molecule has 4 heterocycles. The highest BCUT2D eigenvalue weighted by atomic mass is 32.1. The van der Waals surface area contributed by atoms with Crippen LogP contribution in [0.25, 0.3) is 21.7 Å². The van der Waals surface area contributed by atoms with Crippen LogP contribution in [0.5, 0.6) is 0 Å². The van der Waals surface area contributed by atoms with E-state index in [2.05, 4.69) is 15.0 Å². The van der Waals surface area contributed by atoms with Crippen molar-refractivity contribution in [2.75, 3.05) is 13.1 Å². The minimum Gasteiger partial charge on any atom is -0.478 e. The van der Waals surface area contributed by atoms with Gasteiger partial charge in [-0.25, -0.2) is 14.8 Å². The Balaban J connectivity index is 1.59. The zero-order valence-electron chi connectivity index (χ0n) is 14.6. The normalized spacial score (nSPS) is 16.6. The van der Waals surface area contributed by atoms with Crippen molar-refractivity contribution in [3.63, 3.8) is 0 Å². The number of hydrogen-bond donors (Lipinski definition) is 3. The largest absolute Gasteiger partial charge is 0.478 e. The summed E-state index contributed by atoms with van der Waals surface area (Å²) in [6, 6.07) is 3.54. The minimum atomic E-state index is -1.07. The van der Waals surface area contributed by atoms with Crippen LogP contribution in [0.1, 0.15) is 39.8 Å². The predicted octanol–water partition coefficient (Wildman–Crippen LogP) is 2.37. The van der Waals surface area contributed by atoms with Crippen molar-refractivity contribution in [2.24, 2.45) is 0 Å². The van der Waals surface area contributed by atoms with E-state index < -0.39 is 11.6 Å². The molecule has 1 amide bonds. The van der Waals surface area contributed by atoms with Gasteiger partial charge in [0.25, 0.3) is 5.91 Å². The van der Waals surface area contributed by atoms with E-state index in [-0.39, 0.29) is 11.5 Å². The quantitative estimate of drug-likeness (QED) is 0.636. The number of rotatable bonds is 3. The SMILES string of the molecule is CC1(O)CCN(C(=O)c2ccc(-c3cnc4[nH]cc(C(=O)O)c4n3)s2)CC1. The second kappa shape index (κ2) is 6.43. The number of amides is 1.